The molecule has 1 N–H and O–H groups in total. The van der Waals surface area contributed by atoms with Crippen LogP contribution >= 0.6 is 12.2 Å². The first-order valence-electron chi connectivity index (χ1n) is 10.3. The Morgan fingerprint density at radius 2 is 1.83 bits per heavy atom. The summed E-state index contributed by atoms with van der Waals surface area (Å²) in [5, 5.41) is 4.38. The minimum absolute atomic E-state index is 0.0466. The third-order valence-corrected chi connectivity index (χ3v) is 6.11. The normalized spacial score (nSPS) is 18.9. The molecule has 0 spiro atoms. The van der Waals surface area contributed by atoms with Crippen molar-refractivity contribution in [2.75, 3.05) is 6.54 Å². The van der Waals surface area contributed by atoms with Crippen LogP contribution in [0.1, 0.15) is 54.5 Å². The van der Waals surface area contributed by atoms with Gasteiger partial charge in [-0.3, -0.25) is 4.98 Å². The molecule has 0 bridgehead atoms. The van der Waals surface area contributed by atoms with Crippen LogP contribution in [0.25, 0.3) is 5.69 Å². The highest BCUT2D eigenvalue weighted by Crippen LogP contribution is 2.41. The predicted molar refractivity (Wildman–Crippen MR) is 122 cm³/mol. The number of thiocarbonyl (C=S) groups is 1. The van der Waals surface area contributed by atoms with E-state index in [1.54, 1.807) is 0 Å². The van der Waals surface area contributed by atoms with E-state index in [1.807, 2.05) is 18.3 Å². The van der Waals surface area contributed by atoms with Crippen LogP contribution < -0.4 is 5.32 Å². The smallest absolute Gasteiger partial charge is 0.170 e. The summed E-state index contributed by atoms with van der Waals surface area (Å²) in [4.78, 5) is 7.00. The first-order chi connectivity index (χ1) is 14.1. The van der Waals surface area contributed by atoms with Crippen molar-refractivity contribution in [2.24, 2.45) is 0 Å². The third kappa shape index (κ3) is 3.67. The Kier molecular flexibility index (Phi) is 5.67. The van der Waals surface area contributed by atoms with Gasteiger partial charge in [-0.15, -0.1) is 0 Å². The molecule has 4 nitrogen and oxygen atoms in total. The summed E-state index contributed by atoms with van der Waals surface area (Å²) in [6.07, 6.45) is 4.12. The molecule has 0 radical (unpaired) electrons. The Labute approximate surface area is 178 Å². The summed E-state index contributed by atoms with van der Waals surface area (Å²) in [7, 11) is 0. The van der Waals surface area contributed by atoms with E-state index in [9.17, 15) is 0 Å². The summed E-state index contributed by atoms with van der Waals surface area (Å²) < 4.78 is 2.34. The van der Waals surface area contributed by atoms with E-state index in [0.29, 0.717) is 0 Å². The number of para-hydroxylation sites is 1. The molecule has 1 saturated heterocycles. The zero-order valence-corrected chi connectivity index (χ0v) is 18.1. The number of hydrogen-bond acceptors (Lipinski definition) is 2. The zero-order chi connectivity index (χ0) is 20.4. The van der Waals surface area contributed by atoms with Gasteiger partial charge in [-0.1, -0.05) is 37.6 Å². The van der Waals surface area contributed by atoms with Crippen LogP contribution in [0.4, 0.5) is 0 Å². The molecule has 0 aliphatic carbocycles. The van der Waals surface area contributed by atoms with Crippen LogP contribution in [0.3, 0.4) is 0 Å². The zero-order valence-electron chi connectivity index (χ0n) is 17.3. The van der Waals surface area contributed by atoms with Crippen LogP contribution in [0.5, 0.6) is 0 Å². The predicted octanol–water partition coefficient (Wildman–Crippen LogP) is 5.26. The minimum Gasteiger partial charge on any atom is -0.352 e. The second-order valence-corrected chi connectivity index (χ2v) is 8.06. The molecule has 2 atom stereocenters. The van der Waals surface area contributed by atoms with Gasteiger partial charge in [0, 0.05) is 29.8 Å². The second kappa shape index (κ2) is 8.37. The van der Waals surface area contributed by atoms with Gasteiger partial charge in [-0.05, 0) is 68.4 Å². The number of pyridine rings is 1. The summed E-state index contributed by atoms with van der Waals surface area (Å²) in [6.45, 7) is 7.56. The molecular formula is C24H28N4S. The van der Waals surface area contributed by atoms with Gasteiger partial charge in [0.1, 0.15) is 0 Å². The van der Waals surface area contributed by atoms with Gasteiger partial charge >= 0.3 is 0 Å². The molecule has 3 heterocycles. The lowest BCUT2D eigenvalue weighted by Gasteiger charge is -2.28. The summed E-state index contributed by atoms with van der Waals surface area (Å²) in [5.74, 6) is 0. The van der Waals surface area contributed by atoms with E-state index in [4.69, 9.17) is 12.2 Å². The lowest BCUT2D eigenvalue weighted by atomic mass is 9.96. The number of aromatic nitrogens is 2. The van der Waals surface area contributed by atoms with Gasteiger partial charge in [0.15, 0.2) is 5.11 Å². The van der Waals surface area contributed by atoms with Crippen LogP contribution in [-0.4, -0.2) is 26.1 Å². The molecule has 5 heteroatoms. The average molecular weight is 405 g/mol. The third-order valence-electron chi connectivity index (χ3n) is 5.75. The van der Waals surface area contributed by atoms with Crippen molar-refractivity contribution in [1.82, 2.24) is 19.8 Å². The molecule has 4 rings (SSSR count). The molecular weight excluding hydrogens is 376 g/mol. The number of unbranched alkanes of at least 4 members (excludes halogenated alkanes) is 1. The van der Waals surface area contributed by atoms with Crippen molar-refractivity contribution < 1.29 is 0 Å². The Hall–Kier alpha value is -2.66. The summed E-state index contributed by atoms with van der Waals surface area (Å²) in [6, 6.07) is 19.1. The lowest BCUT2D eigenvalue weighted by Crippen LogP contribution is -2.30. The van der Waals surface area contributed by atoms with E-state index in [1.165, 1.54) is 22.6 Å². The molecule has 1 fully saturated rings. The molecule has 1 aromatic carbocycles. The fourth-order valence-electron chi connectivity index (χ4n) is 4.37. The van der Waals surface area contributed by atoms with Crippen molar-refractivity contribution in [1.29, 1.82) is 0 Å². The maximum Gasteiger partial charge on any atom is 0.170 e. The number of rotatable bonds is 6. The molecule has 150 valence electrons. The molecule has 3 aromatic rings. The minimum atomic E-state index is 0.0466. The van der Waals surface area contributed by atoms with E-state index in [0.717, 1.165) is 30.2 Å². The first-order valence-corrected chi connectivity index (χ1v) is 10.7. The number of aryl methyl sites for hydroxylation is 1. The van der Waals surface area contributed by atoms with Crippen molar-refractivity contribution in [2.45, 2.75) is 45.7 Å². The van der Waals surface area contributed by atoms with Crippen molar-refractivity contribution >= 4 is 17.3 Å². The summed E-state index contributed by atoms with van der Waals surface area (Å²) in [5.41, 5.74) is 6.02. The highest BCUT2D eigenvalue weighted by Gasteiger charge is 2.41. The number of hydrogen-bond donors (Lipinski definition) is 1. The molecule has 1 aliphatic heterocycles. The van der Waals surface area contributed by atoms with E-state index in [2.05, 4.69) is 83.0 Å². The largest absolute Gasteiger partial charge is 0.352 e. The average Bonchev–Trinajstić information content (AvgIpc) is 3.23. The maximum atomic E-state index is 5.76. The number of nitrogens with one attached hydrogen (secondary N) is 1. The number of nitrogens with zero attached hydrogens (tertiary/aromatic N) is 3. The monoisotopic (exact) mass is 404 g/mol. The van der Waals surface area contributed by atoms with E-state index < -0.39 is 0 Å². The highest BCUT2D eigenvalue weighted by atomic mass is 32.1. The van der Waals surface area contributed by atoms with Gasteiger partial charge in [0.2, 0.25) is 0 Å². The standard InChI is InChI=1S/C24H28N4S/c1-4-5-15-27-23(22(26-24(27)29)21-13-9-10-14-25-21)20-16-17(2)28(18(20)3)19-11-7-6-8-12-19/h6-14,16,22-23H,4-5,15H2,1-3H3,(H,26,29)/t22-,23+/m0/s1. The van der Waals surface area contributed by atoms with E-state index >= 15 is 0 Å². The van der Waals surface area contributed by atoms with Crippen LogP contribution in [0, 0.1) is 13.8 Å². The van der Waals surface area contributed by atoms with Gasteiger partial charge in [0.05, 0.1) is 17.8 Å². The molecule has 0 amide bonds. The van der Waals surface area contributed by atoms with Crippen LogP contribution in [0.2, 0.25) is 0 Å². The lowest BCUT2D eigenvalue weighted by molar-refractivity contribution is 0.312. The molecule has 2 aromatic heterocycles. The van der Waals surface area contributed by atoms with E-state index in [-0.39, 0.29) is 12.1 Å². The summed E-state index contributed by atoms with van der Waals surface area (Å²) >= 11 is 5.76. The molecule has 1 aliphatic rings. The van der Waals surface area contributed by atoms with Gasteiger partial charge < -0.3 is 14.8 Å². The van der Waals surface area contributed by atoms with Crippen molar-refractivity contribution in [3.63, 3.8) is 0 Å². The first kappa shape index (κ1) is 19.6. The Bertz CT molecular complexity index is 981. The fraction of sp³-hybridized carbons (Fsp3) is 0.333. The van der Waals surface area contributed by atoms with Crippen LogP contribution in [-0.2, 0) is 0 Å². The molecule has 29 heavy (non-hydrogen) atoms. The quantitative estimate of drug-likeness (QED) is 0.568. The van der Waals surface area contributed by atoms with Gasteiger partial charge in [0.25, 0.3) is 0 Å². The van der Waals surface area contributed by atoms with Crippen molar-refractivity contribution in [3.8, 4) is 5.69 Å². The van der Waals surface area contributed by atoms with Crippen LogP contribution in [0.15, 0.2) is 60.8 Å². The number of benzene rings is 1. The van der Waals surface area contributed by atoms with Crippen molar-refractivity contribution in [3.05, 3.63) is 83.4 Å². The Morgan fingerprint density at radius 3 is 2.52 bits per heavy atom. The Morgan fingerprint density at radius 1 is 1.07 bits per heavy atom. The fourth-order valence-corrected chi connectivity index (χ4v) is 4.71. The second-order valence-electron chi connectivity index (χ2n) is 7.67. The SMILES string of the molecule is CCCCN1C(=S)N[C@@H](c2ccccn2)[C@H]1c1cc(C)n(-c2ccccc2)c1C. The maximum absolute atomic E-state index is 5.76. The Balaban J connectivity index is 1.81. The van der Waals surface area contributed by atoms with Gasteiger partial charge in [-0.2, -0.15) is 0 Å². The highest BCUT2D eigenvalue weighted by molar-refractivity contribution is 7.80. The van der Waals surface area contributed by atoms with Gasteiger partial charge in [-0.25, -0.2) is 0 Å². The molecule has 0 saturated carbocycles. The topological polar surface area (TPSA) is 33.1 Å². The molecule has 0 unspecified atom stereocenters.